The molecule has 1 heterocycles. The maximum atomic E-state index is 13.0. The minimum atomic E-state index is -4.56. The Labute approximate surface area is 188 Å². The topological polar surface area (TPSA) is 98.5 Å². The molecule has 0 fully saturated rings. The van der Waals surface area contributed by atoms with Gasteiger partial charge in [-0.3, -0.25) is 4.79 Å². The lowest BCUT2D eigenvalue weighted by atomic mass is 10.1. The van der Waals surface area contributed by atoms with Crippen LogP contribution in [-0.4, -0.2) is 32.3 Å². The summed E-state index contributed by atoms with van der Waals surface area (Å²) in [5.74, 6) is -0.819. The highest BCUT2D eigenvalue weighted by Gasteiger charge is 2.30. The van der Waals surface area contributed by atoms with E-state index in [9.17, 15) is 26.4 Å². The molecule has 3 aromatic rings. The maximum Gasteiger partial charge on any atom is 0.416 e. The smallest absolute Gasteiger partial charge is 0.416 e. The molecule has 0 aliphatic heterocycles. The first-order chi connectivity index (χ1) is 15.4. The van der Waals surface area contributed by atoms with Gasteiger partial charge in [-0.05, 0) is 50.2 Å². The Kier molecular flexibility index (Phi) is 6.82. The van der Waals surface area contributed by atoms with Crippen LogP contribution in [0.4, 0.5) is 18.9 Å². The van der Waals surface area contributed by atoms with Crippen molar-refractivity contribution < 1.29 is 35.6 Å². The average molecular weight is 482 g/mol. The maximum absolute atomic E-state index is 13.0. The van der Waals surface area contributed by atoms with Crippen LogP contribution in [0.15, 0.2) is 51.9 Å². The van der Waals surface area contributed by atoms with E-state index in [4.69, 9.17) is 9.26 Å². The molecule has 0 radical (unpaired) electrons. The first kappa shape index (κ1) is 24.3. The number of aromatic nitrogens is 1. The zero-order valence-electron chi connectivity index (χ0n) is 18.0. The standard InChI is InChI=1S/C22H21F3N2O5S/c1-13-14(2)27-32-21(13)15-7-8-18(31-3)19(11-15)33(29,30)10-9-20(28)26-17-6-4-5-16(12-17)22(23,24)25/h4-8,11-12H,9-10H2,1-3H3,(H,26,28). The number of nitrogens with one attached hydrogen (secondary N) is 1. The van der Waals surface area contributed by atoms with E-state index in [2.05, 4.69) is 10.5 Å². The zero-order chi connectivity index (χ0) is 24.4. The van der Waals surface area contributed by atoms with Crippen LogP contribution in [0.1, 0.15) is 23.2 Å². The minimum Gasteiger partial charge on any atom is -0.495 e. The van der Waals surface area contributed by atoms with Crippen LogP contribution < -0.4 is 10.1 Å². The van der Waals surface area contributed by atoms with Crippen LogP contribution in [-0.2, 0) is 20.8 Å². The summed E-state index contributed by atoms with van der Waals surface area (Å²) in [6.07, 6.45) is -5.03. The van der Waals surface area contributed by atoms with Crippen molar-refractivity contribution in [3.05, 3.63) is 59.3 Å². The molecule has 0 saturated heterocycles. The molecule has 0 bridgehead atoms. The van der Waals surface area contributed by atoms with Crippen molar-refractivity contribution >= 4 is 21.4 Å². The van der Waals surface area contributed by atoms with Crippen molar-refractivity contribution in [3.63, 3.8) is 0 Å². The molecular weight excluding hydrogens is 461 g/mol. The number of halogens is 3. The summed E-state index contributed by atoms with van der Waals surface area (Å²) in [4.78, 5) is 12.1. The van der Waals surface area contributed by atoms with Crippen LogP contribution in [0, 0.1) is 13.8 Å². The molecule has 2 aromatic carbocycles. The van der Waals surface area contributed by atoms with Crippen molar-refractivity contribution in [1.82, 2.24) is 5.16 Å². The van der Waals surface area contributed by atoms with Crippen LogP contribution >= 0.6 is 0 Å². The third-order valence-electron chi connectivity index (χ3n) is 4.99. The summed E-state index contributed by atoms with van der Waals surface area (Å²) in [6, 6.07) is 8.57. The van der Waals surface area contributed by atoms with Gasteiger partial charge in [0.15, 0.2) is 15.6 Å². The third kappa shape index (κ3) is 5.54. The fourth-order valence-corrected chi connectivity index (χ4v) is 4.52. The Hall–Kier alpha value is -3.34. The van der Waals surface area contributed by atoms with E-state index in [1.165, 1.54) is 25.3 Å². The number of methoxy groups -OCH3 is 1. The number of sulfone groups is 1. The number of rotatable bonds is 7. The molecular formula is C22H21F3N2O5S. The van der Waals surface area contributed by atoms with Gasteiger partial charge in [-0.15, -0.1) is 0 Å². The molecule has 176 valence electrons. The van der Waals surface area contributed by atoms with Crippen molar-refractivity contribution in [3.8, 4) is 17.1 Å². The van der Waals surface area contributed by atoms with E-state index >= 15 is 0 Å². The van der Waals surface area contributed by atoms with Gasteiger partial charge in [-0.2, -0.15) is 13.2 Å². The van der Waals surface area contributed by atoms with Gasteiger partial charge in [0.2, 0.25) is 5.91 Å². The number of carbonyl (C=O) groups excluding carboxylic acids is 1. The molecule has 0 spiro atoms. The number of carbonyl (C=O) groups is 1. The van der Waals surface area contributed by atoms with Gasteiger partial charge in [-0.25, -0.2) is 8.42 Å². The average Bonchev–Trinajstić information content (AvgIpc) is 3.10. The molecule has 11 heteroatoms. The van der Waals surface area contributed by atoms with E-state index in [0.717, 1.165) is 23.8 Å². The molecule has 0 aliphatic carbocycles. The zero-order valence-corrected chi connectivity index (χ0v) is 18.8. The number of hydrogen-bond donors (Lipinski definition) is 1. The molecule has 1 amide bonds. The molecule has 0 unspecified atom stereocenters. The Morgan fingerprint density at radius 3 is 2.48 bits per heavy atom. The van der Waals surface area contributed by atoms with Crippen molar-refractivity contribution in [2.75, 3.05) is 18.2 Å². The van der Waals surface area contributed by atoms with Crippen molar-refractivity contribution in [2.45, 2.75) is 31.3 Å². The normalized spacial score (nSPS) is 11.9. The van der Waals surface area contributed by atoms with Gasteiger partial charge in [0, 0.05) is 23.2 Å². The molecule has 0 saturated carbocycles. The van der Waals surface area contributed by atoms with Crippen LogP contribution in [0.2, 0.25) is 0 Å². The molecule has 1 N–H and O–H groups in total. The van der Waals surface area contributed by atoms with Gasteiger partial charge in [0.1, 0.15) is 10.6 Å². The molecule has 1 aromatic heterocycles. The lowest BCUT2D eigenvalue weighted by Crippen LogP contribution is -2.18. The summed E-state index contributed by atoms with van der Waals surface area (Å²) >= 11 is 0. The molecule has 0 atom stereocenters. The molecule has 0 aliphatic rings. The number of benzene rings is 2. The fourth-order valence-electron chi connectivity index (χ4n) is 3.08. The molecule has 7 nitrogen and oxygen atoms in total. The summed E-state index contributed by atoms with van der Waals surface area (Å²) in [7, 11) is -2.67. The predicted molar refractivity (Wildman–Crippen MR) is 115 cm³/mol. The number of hydrogen-bond acceptors (Lipinski definition) is 6. The monoisotopic (exact) mass is 482 g/mol. The predicted octanol–water partition coefficient (Wildman–Crippen LogP) is 4.79. The van der Waals surface area contributed by atoms with E-state index in [1.54, 1.807) is 19.9 Å². The largest absolute Gasteiger partial charge is 0.495 e. The van der Waals surface area contributed by atoms with Gasteiger partial charge in [-0.1, -0.05) is 11.2 Å². The summed E-state index contributed by atoms with van der Waals surface area (Å²) in [6.45, 7) is 3.55. The first-order valence-corrected chi connectivity index (χ1v) is 11.4. The lowest BCUT2D eigenvalue weighted by molar-refractivity contribution is -0.137. The number of ether oxygens (including phenoxy) is 1. The van der Waals surface area contributed by atoms with Crippen LogP contribution in [0.5, 0.6) is 5.75 Å². The number of aryl methyl sites for hydroxylation is 1. The van der Waals surface area contributed by atoms with Gasteiger partial charge in [0.05, 0.1) is 24.1 Å². The molecule has 3 rings (SSSR count). The number of anilines is 1. The second kappa shape index (κ2) is 9.26. The summed E-state index contributed by atoms with van der Waals surface area (Å²) in [5, 5.41) is 6.17. The number of alkyl halides is 3. The van der Waals surface area contributed by atoms with E-state index in [1.807, 2.05) is 0 Å². The Morgan fingerprint density at radius 2 is 1.88 bits per heavy atom. The Balaban J connectivity index is 1.78. The molecule has 33 heavy (non-hydrogen) atoms. The van der Waals surface area contributed by atoms with E-state index in [-0.39, 0.29) is 16.3 Å². The van der Waals surface area contributed by atoms with Gasteiger partial charge >= 0.3 is 6.18 Å². The lowest BCUT2D eigenvalue weighted by Gasteiger charge is -2.12. The summed E-state index contributed by atoms with van der Waals surface area (Å²) in [5.41, 5.74) is 0.886. The van der Waals surface area contributed by atoms with E-state index in [0.29, 0.717) is 17.0 Å². The second-order valence-corrected chi connectivity index (χ2v) is 9.36. The Morgan fingerprint density at radius 1 is 1.15 bits per heavy atom. The van der Waals surface area contributed by atoms with Gasteiger partial charge in [0.25, 0.3) is 0 Å². The van der Waals surface area contributed by atoms with Crippen LogP contribution in [0.25, 0.3) is 11.3 Å². The fraction of sp³-hybridized carbons (Fsp3) is 0.273. The quantitative estimate of drug-likeness (QED) is 0.520. The highest BCUT2D eigenvalue weighted by Crippen LogP contribution is 2.33. The van der Waals surface area contributed by atoms with E-state index < -0.39 is 39.7 Å². The highest BCUT2D eigenvalue weighted by atomic mass is 32.2. The second-order valence-electron chi connectivity index (χ2n) is 7.28. The summed E-state index contributed by atoms with van der Waals surface area (Å²) < 4.78 is 74.9. The van der Waals surface area contributed by atoms with Crippen molar-refractivity contribution in [2.24, 2.45) is 0 Å². The highest BCUT2D eigenvalue weighted by molar-refractivity contribution is 7.91. The number of nitrogens with zero attached hydrogens (tertiary/aromatic N) is 1. The third-order valence-corrected chi connectivity index (χ3v) is 6.72. The van der Waals surface area contributed by atoms with Gasteiger partial charge < -0.3 is 14.6 Å². The van der Waals surface area contributed by atoms with Crippen molar-refractivity contribution in [1.29, 1.82) is 0 Å². The SMILES string of the molecule is COc1ccc(-c2onc(C)c2C)cc1S(=O)(=O)CCC(=O)Nc1cccc(C(F)(F)F)c1. The Bertz CT molecular complexity index is 1280. The van der Waals surface area contributed by atoms with Crippen LogP contribution in [0.3, 0.4) is 0 Å². The first-order valence-electron chi connectivity index (χ1n) is 9.73. The minimum absolute atomic E-state index is 0.0806. The number of amides is 1.